The maximum absolute atomic E-state index is 5.24. The molecule has 2 aromatic heterocycles. The number of hydrogen-bond donors (Lipinski definition) is 1. The van der Waals surface area contributed by atoms with Crippen molar-refractivity contribution in [2.75, 3.05) is 44.4 Å². The van der Waals surface area contributed by atoms with E-state index in [1.807, 2.05) is 10.9 Å². The van der Waals surface area contributed by atoms with Crippen molar-refractivity contribution in [2.24, 2.45) is 0 Å². The van der Waals surface area contributed by atoms with Gasteiger partial charge in [0.1, 0.15) is 0 Å². The third kappa shape index (κ3) is 2.40. The van der Waals surface area contributed by atoms with Gasteiger partial charge in [-0.3, -0.25) is 0 Å². The van der Waals surface area contributed by atoms with Gasteiger partial charge in [0.25, 0.3) is 0 Å². The van der Waals surface area contributed by atoms with Crippen LogP contribution in [0.1, 0.15) is 0 Å². The van der Waals surface area contributed by atoms with Crippen LogP contribution in [0.3, 0.4) is 0 Å². The highest BCUT2D eigenvalue weighted by atomic mass is 32.2. The average Bonchev–Trinajstić information content (AvgIpc) is 2.91. The number of fused-ring (bicyclic) bond motifs is 1. The van der Waals surface area contributed by atoms with Crippen LogP contribution in [0.4, 0.5) is 5.82 Å². The molecule has 0 aliphatic carbocycles. The Hall–Kier alpha value is -1.54. The molecule has 0 saturated carbocycles. The minimum atomic E-state index is 0.397. The van der Waals surface area contributed by atoms with Gasteiger partial charge in [0.05, 0.1) is 19.3 Å². The first kappa shape index (κ1) is 13.4. The number of piperazine rings is 1. The van der Waals surface area contributed by atoms with E-state index in [1.54, 1.807) is 18.9 Å². The summed E-state index contributed by atoms with van der Waals surface area (Å²) in [6.07, 6.45) is 3.88. The predicted octanol–water partition coefficient (Wildman–Crippen LogP) is 0.565. The van der Waals surface area contributed by atoms with Crippen LogP contribution in [0, 0.1) is 0 Å². The lowest BCUT2D eigenvalue weighted by Gasteiger charge is -2.28. The Labute approximate surface area is 121 Å². The molecule has 0 spiro atoms. The molecule has 0 aromatic carbocycles. The molecule has 1 aliphatic heterocycles. The monoisotopic (exact) mass is 294 g/mol. The van der Waals surface area contributed by atoms with Crippen molar-refractivity contribution >= 4 is 28.7 Å². The van der Waals surface area contributed by atoms with E-state index in [0.29, 0.717) is 6.01 Å². The van der Waals surface area contributed by atoms with Gasteiger partial charge in [-0.25, -0.2) is 4.98 Å². The Kier molecular flexibility index (Phi) is 3.93. The molecule has 2 aromatic rings. The number of nitrogens with one attached hydrogen (secondary N) is 1. The van der Waals surface area contributed by atoms with Gasteiger partial charge >= 0.3 is 6.01 Å². The zero-order chi connectivity index (χ0) is 13.9. The van der Waals surface area contributed by atoms with Gasteiger partial charge in [-0.05, 0) is 6.26 Å². The Morgan fingerprint density at radius 2 is 2.15 bits per heavy atom. The number of thioether (sulfide) groups is 1. The Morgan fingerprint density at radius 3 is 2.85 bits per heavy atom. The molecule has 1 N–H and O–H groups in total. The Morgan fingerprint density at radius 1 is 1.35 bits per heavy atom. The van der Waals surface area contributed by atoms with E-state index in [9.17, 15) is 0 Å². The predicted molar refractivity (Wildman–Crippen MR) is 80.5 cm³/mol. The number of hydrogen-bond acceptors (Lipinski definition) is 7. The average molecular weight is 294 g/mol. The third-order valence-electron chi connectivity index (χ3n) is 3.29. The van der Waals surface area contributed by atoms with Crippen LogP contribution in [-0.4, -0.2) is 59.1 Å². The van der Waals surface area contributed by atoms with Crippen LogP contribution in [0.2, 0.25) is 0 Å². The van der Waals surface area contributed by atoms with E-state index in [4.69, 9.17) is 4.74 Å². The summed E-state index contributed by atoms with van der Waals surface area (Å²) in [5.74, 6) is 1.69. The number of rotatable bonds is 4. The minimum Gasteiger partial charge on any atom is -0.467 e. The maximum atomic E-state index is 5.24. The van der Waals surface area contributed by atoms with Crippen molar-refractivity contribution in [1.82, 2.24) is 24.8 Å². The lowest BCUT2D eigenvalue weighted by molar-refractivity contribution is 0.381. The SMILES string of the molecule is COc1nc(N2CCNCC2)c2ncn(CSC)c2n1. The van der Waals surface area contributed by atoms with E-state index in [0.717, 1.165) is 49.0 Å². The van der Waals surface area contributed by atoms with E-state index in [-0.39, 0.29) is 0 Å². The number of aromatic nitrogens is 4. The minimum absolute atomic E-state index is 0.397. The third-order valence-corrected chi connectivity index (χ3v) is 3.83. The van der Waals surface area contributed by atoms with Crippen molar-refractivity contribution in [3.05, 3.63) is 6.33 Å². The number of imidazole rings is 1. The molecule has 7 nitrogen and oxygen atoms in total. The summed E-state index contributed by atoms with van der Waals surface area (Å²) in [4.78, 5) is 15.7. The Balaban J connectivity index is 2.09. The normalized spacial score (nSPS) is 15.8. The summed E-state index contributed by atoms with van der Waals surface area (Å²) in [5.41, 5.74) is 1.68. The molecule has 108 valence electrons. The van der Waals surface area contributed by atoms with Crippen LogP contribution in [-0.2, 0) is 5.88 Å². The molecule has 1 fully saturated rings. The highest BCUT2D eigenvalue weighted by Crippen LogP contribution is 2.25. The quantitative estimate of drug-likeness (QED) is 0.884. The molecule has 3 heterocycles. The van der Waals surface area contributed by atoms with Crippen molar-refractivity contribution in [3.63, 3.8) is 0 Å². The largest absolute Gasteiger partial charge is 0.467 e. The van der Waals surface area contributed by atoms with Gasteiger partial charge < -0.3 is 19.5 Å². The maximum Gasteiger partial charge on any atom is 0.320 e. The molecule has 0 amide bonds. The second-order valence-corrected chi connectivity index (χ2v) is 5.41. The molecule has 20 heavy (non-hydrogen) atoms. The first-order valence-electron chi connectivity index (χ1n) is 6.55. The summed E-state index contributed by atoms with van der Waals surface area (Å²) >= 11 is 1.73. The molecular weight excluding hydrogens is 276 g/mol. The molecule has 0 radical (unpaired) electrons. The van der Waals surface area contributed by atoms with Crippen LogP contribution in [0.25, 0.3) is 11.2 Å². The Bertz CT molecular complexity index is 595. The smallest absolute Gasteiger partial charge is 0.320 e. The molecule has 0 atom stereocenters. The van der Waals surface area contributed by atoms with E-state index in [2.05, 4.69) is 31.4 Å². The highest BCUT2D eigenvalue weighted by Gasteiger charge is 2.20. The van der Waals surface area contributed by atoms with Gasteiger partial charge in [0.15, 0.2) is 17.0 Å². The lowest BCUT2D eigenvalue weighted by Crippen LogP contribution is -2.44. The summed E-state index contributed by atoms with van der Waals surface area (Å²) in [5, 5.41) is 3.34. The summed E-state index contributed by atoms with van der Waals surface area (Å²) in [6.45, 7) is 3.76. The zero-order valence-corrected chi connectivity index (χ0v) is 12.5. The highest BCUT2D eigenvalue weighted by molar-refractivity contribution is 7.97. The topological polar surface area (TPSA) is 68.1 Å². The van der Waals surface area contributed by atoms with Crippen LogP contribution >= 0.6 is 11.8 Å². The van der Waals surface area contributed by atoms with Crippen molar-refractivity contribution < 1.29 is 4.74 Å². The first-order valence-corrected chi connectivity index (χ1v) is 7.94. The summed E-state index contributed by atoms with van der Waals surface area (Å²) < 4.78 is 7.27. The van der Waals surface area contributed by atoms with Crippen molar-refractivity contribution in [1.29, 1.82) is 0 Å². The number of anilines is 1. The fraction of sp³-hybridized carbons (Fsp3) is 0.583. The standard InChI is InChI=1S/C12H18N6OS/c1-19-12-15-10(17-5-3-13-4-6-17)9-11(16-12)18(7-14-9)8-20-2/h7,13H,3-6,8H2,1-2H3. The molecular formula is C12H18N6OS. The van der Waals surface area contributed by atoms with E-state index < -0.39 is 0 Å². The van der Waals surface area contributed by atoms with Gasteiger partial charge in [0.2, 0.25) is 0 Å². The number of ether oxygens (including phenoxy) is 1. The second-order valence-electron chi connectivity index (χ2n) is 4.58. The van der Waals surface area contributed by atoms with Gasteiger partial charge in [-0.15, -0.1) is 11.8 Å². The molecule has 0 bridgehead atoms. The van der Waals surface area contributed by atoms with Crippen molar-refractivity contribution in [2.45, 2.75) is 5.88 Å². The van der Waals surface area contributed by atoms with Crippen LogP contribution in [0.5, 0.6) is 6.01 Å². The van der Waals surface area contributed by atoms with Gasteiger partial charge in [-0.2, -0.15) is 9.97 Å². The number of methoxy groups -OCH3 is 1. The molecule has 0 unspecified atom stereocenters. The molecule has 8 heteroatoms. The van der Waals surface area contributed by atoms with Gasteiger partial charge in [-0.1, -0.05) is 0 Å². The molecule has 3 rings (SSSR count). The summed E-state index contributed by atoms with van der Waals surface area (Å²) in [6, 6.07) is 0.397. The van der Waals surface area contributed by atoms with Crippen LogP contribution in [0.15, 0.2) is 6.33 Å². The fourth-order valence-electron chi connectivity index (χ4n) is 2.33. The fourth-order valence-corrected chi connectivity index (χ4v) is 2.80. The van der Waals surface area contributed by atoms with Gasteiger partial charge in [0, 0.05) is 26.2 Å². The lowest BCUT2D eigenvalue weighted by atomic mass is 10.3. The summed E-state index contributed by atoms with van der Waals surface area (Å²) in [7, 11) is 1.60. The first-order chi connectivity index (χ1) is 9.83. The molecule has 1 saturated heterocycles. The van der Waals surface area contributed by atoms with Crippen LogP contribution < -0.4 is 15.0 Å². The van der Waals surface area contributed by atoms with E-state index in [1.165, 1.54) is 0 Å². The second kappa shape index (κ2) is 5.84. The zero-order valence-electron chi connectivity index (χ0n) is 11.7. The van der Waals surface area contributed by atoms with E-state index >= 15 is 0 Å². The van der Waals surface area contributed by atoms with Crippen molar-refractivity contribution in [3.8, 4) is 6.01 Å². The number of nitrogens with zero attached hydrogens (tertiary/aromatic N) is 5. The molecule has 1 aliphatic rings.